The summed E-state index contributed by atoms with van der Waals surface area (Å²) in [4.78, 5) is 11.7. The Bertz CT molecular complexity index is 789. The van der Waals surface area contributed by atoms with E-state index in [2.05, 4.69) is 31.3 Å². The summed E-state index contributed by atoms with van der Waals surface area (Å²) in [6.07, 6.45) is -0.412. The van der Waals surface area contributed by atoms with Gasteiger partial charge in [0.25, 0.3) is 0 Å². The smallest absolute Gasteiger partial charge is 0.407 e. The lowest BCUT2D eigenvalue weighted by atomic mass is 9.78. The van der Waals surface area contributed by atoms with E-state index in [1.54, 1.807) is 12.1 Å². The predicted molar refractivity (Wildman–Crippen MR) is 116 cm³/mol. The van der Waals surface area contributed by atoms with Gasteiger partial charge < -0.3 is 19.9 Å². The monoisotopic (exact) mass is 399 g/mol. The van der Waals surface area contributed by atoms with Crippen LogP contribution in [-0.4, -0.2) is 30.0 Å². The molecule has 2 rings (SSSR count). The molecule has 0 saturated carbocycles. The summed E-state index contributed by atoms with van der Waals surface area (Å²) in [7, 11) is 0. The zero-order valence-corrected chi connectivity index (χ0v) is 18.3. The Morgan fingerprint density at radius 2 is 1.48 bits per heavy atom. The summed E-state index contributed by atoms with van der Waals surface area (Å²) >= 11 is 0. The molecule has 29 heavy (non-hydrogen) atoms. The van der Waals surface area contributed by atoms with Crippen molar-refractivity contribution in [2.24, 2.45) is 5.92 Å². The molecule has 158 valence electrons. The van der Waals surface area contributed by atoms with Crippen molar-refractivity contribution in [1.82, 2.24) is 5.32 Å². The molecule has 1 atom stereocenters. The fourth-order valence-corrected chi connectivity index (χ4v) is 2.88. The van der Waals surface area contributed by atoms with Crippen LogP contribution < -0.4 is 10.1 Å². The van der Waals surface area contributed by atoms with Gasteiger partial charge in [-0.1, -0.05) is 45.0 Å². The maximum Gasteiger partial charge on any atom is 0.407 e. The first-order chi connectivity index (χ1) is 13.5. The van der Waals surface area contributed by atoms with Crippen LogP contribution in [-0.2, 0) is 10.2 Å². The molecule has 0 saturated heterocycles. The molecule has 0 radical (unpaired) electrons. The molecule has 0 spiro atoms. The van der Waals surface area contributed by atoms with Crippen molar-refractivity contribution in [1.29, 1.82) is 0 Å². The second-order valence-electron chi connectivity index (χ2n) is 9.00. The van der Waals surface area contributed by atoms with Gasteiger partial charge in [0.1, 0.15) is 17.1 Å². The maximum atomic E-state index is 11.7. The Morgan fingerprint density at radius 1 is 0.966 bits per heavy atom. The largest absolute Gasteiger partial charge is 0.508 e. The topological polar surface area (TPSA) is 67.8 Å². The molecule has 2 aromatic rings. The lowest BCUT2D eigenvalue weighted by Gasteiger charge is -2.26. The van der Waals surface area contributed by atoms with Crippen molar-refractivity contribution in [3.63, 3.8) is 0 Å². The lowest BCUT2D eigenvalue weighted by Crippen LogP contribution is -2.35. The molecule has 2 aromatic carbocycles. The van der Waals surface area contributed by atoms with E-state index < -0.39 is 11.7 Å². The highest BCUT2D eigenvalue weighted by atomic mass is 16.6. The van der Waals surface area contributed by atoms with Gasteiger partial charge in [0.2, 0.25) is 0 Å². The fourth-order valence-electron chi connectivity index (χ4n) is 2.88. The Balaban J connectivity index is 1.87. The summed E-state index contributed by atoms with van der Waals surface area (Å²) in [5.41, 5.74) is 1.61. The summed E-state index contributed by atoms with van der Waals surface area (Å²) in [5, 5.41) is 12.3. The number of benzene rings is 2. The van der Waals surface area contributed by atoms with Crippen LogP contribution in [0.3, 0.4) is 0 Å². The molecular formula is C24H33NO4. The number of aromatic hydroxyl groups is 1. The molecule has 0 aliphatic heterocycles. The van der Waals surface area contributed by atoms with Crippen molar-refractivity contribution < 1.29 is 19.4 Å². The number of hydrogen-bond donors (Lipinski definition) is 2. The second kappa shape index (κ2) is 9.21. The number of amides is 1. The number of hydrogen-bond acceptors (Lipinski definition) is 4. The van der Waals surface area contributed by atoms with Crippen LogP contribution in [0, 0.1) is 5.92 Å². The third kappa shape index (κ3) is 7.00. The molecule has 0 heterocycles. The quantitative estimate of drug-likeness (QED) is 0.667. The normalized spacial score (nSPS) is 12.9. The summed E-state index contributed by atoms with van der Waals surface area (Å²) < 4.78 is 11.1. The minimum Gasteiger partial charge on any atom is -0.508 e. The third-order valence-electron chi connectivity index (χ3n) is 4.69. The first kappa shape index (κ1) is 22.6. The Labute approximate surface area is 174 Å². The fraction of sp³-hybridized carbons (Fsp3) is 0.458. The number of phenols is 1. The zero-order chi connectivity index (χ0) is 21.7. The van der Waals surface area contributed by atoms with E-state index in [1.165, 1.54) is 0 Å². The lowest BCUT2D eigenvalue weighted by molar-refractivity contribution is 0.0516. The van der Waals surface area contributed by atoms with Crippen molar-refractivity contribution in [2.75, 3.05) is 13.2 Å². The number of carbonyl (C=O) groups excluding carboxylic acids is 1. The van der Waals surface area contributed by atoms with E-state index in [9.17, 15) is 9.90 Å². The molecular weight excluding hydrogens is 366 g/mol. The highest BCUT2D eigenvalue weighted by Gasteiger charge is 2.23. The standard InChI is InChI=1S/C24H33NO4/c1-17(15-25-22(27)29-23(2,3)4)16-28-21-13-9-19(10-14-21)24(5,6)18-7-11-20(26)12-8-18/h7-14,17,26H,15-16H2,1-6H3,(H,25,27). The first-order valence-corrected chi connectivity index (χ1v) is 9.97. The molecule has 5 nitrogen and oxygen atoms in total. The third-order valence-corrected chi connectivity index (χ3v) is 4.69. The van der Waals surface area contributed by atoms with Crippen LogP contribution in [0.4, 0.5) is 4.79 Å². The summed E-state index contributed by atoms with van der Waals surface area (Å²) in [5.74, 6) is 1.21. The van der Waals surface area contributed by atoms with E-state index in [1.807, 2.05) is 52.0 Å². The number of ether oxygens (including phenoxy) is 2. The van der Waals surface area contributed by atoms with Gasteiger partial charge in [-0.25, -0.2) is 4.79 Å². The number of alkyl carbamates (subject to hydrolysis) is 1. The number of rotatable bonds is 7. The Morgan fingerprint density at radius 3 is 2.00 bits per heavy atom. The van der Waals surface area contributed by atoms with Crippen LogP contribution in [0.15, 0.2) is 48.5 Å². The second-order valence-corrected chi connectivity index (χ2v) is 9.00. The van der Waals surface area contributed by atoms with E-state index in [4.69, 9.17) is 9.47 Å². The van der Waals surface area contributed by atoms with Gasteiger partial charge in [0, 0.05) is 17.9 Å². The predicted octanol–water partition coefficient (Wildman–Crippen LogP) is 5.26. The van der Waals surface area contributed by atoms with E-state index >= 15 is 0 Å². The molecule has 0 aliphatic carbocycles. The Hall–Kier alpha value is -2.69. The van der Waals surface area contributed by atoms with Crippen LogP contribution in [0.2, 0.25) is 0 Å². The molecule has 0 fully saturated rings. The molecule has 0 aliphatic rings. The van der Waals surface area contributed by atoms with Crippen molar-refractivity contribution >= 4 is 6.09 Å². The molecule has 5 heteroatoms. The molecule has 0 aromatic heterocycles. The molecule has 1 amide bonds. The van der Waals surface area contributed by atoms with Gasteiger partial charge in [0.05, 0.1) is 6.61 Å². The van der Waals surface area contributed by atoms with Crippen LogP contribution in [0.25, 0.3) is 0 Å². The number of nitrogens with one attached hydrogen (secondary N) is 1. The van der Waals surface area contributed by atoms with Gasteiger partial charge >= 0.3 is 6.09 Å². The van der Waals surface area contributed by atoms with Crippen molar-refractivity contribution in [2.45, 2.75) is 52.6 Å². The molecule has 0 bridgehead atoms. The highest BCUT2D eigenvalue weighted by molar-refractivity contribution is 5.67. The van der Waals surface area contributed by atoms with E-state index in [0.717, 1.165) is 16.9 Å². The van der Waals surface area contributed by atoms with E-state index in [0.29, 0.717) is 13.2 Å². The van der Waals surface area contributed by atoms with Gasteiger partial charge in [-0.3, -0.25) is 0 Å². The van der Waals surface area contributed by atoms with Crippen LogP contribution in [0.5, 0.6) is 11.5 Å². The Kier molecular flexibility index (Phi) is 7.17. The first-order valence-electron chi connectivity index (χ1n) is 9.97. The number of carbonyl (C=O) groups is 1. The van der Waals surface area contributed by atoms with Gasteiger partial charge in [-0.15, -0.1) is 0 Å². The van der Waals surface area contributed by atoms with Crippen LogP contribution >= 0.6 is 0 Å². The highest BCUT2D eigenvalue weighted by Crippen LogP contribution is 2.33. The average molecular weight is 400 g/mol. The minimum atomic E-state index is -0.501. The van der Waals surface area contributed by atoms with Crippen LogP contribution in [0.1, 0.15) is 52.7 Å². The van der Waals surface area contributed by atoms with Gasteiger partial charge in [0.15, 0.2) is 0 Å². The maximum absolute atomic E-state index is 11.7. The number of phenolic OH excluding ortho intramolecular Hbond substituents is 1. The van der Waals surface area contributed by atoms with E-state index in [-0.39, 0.29) is 17.1 Å². The van der Waals surface area contributed by atoms with Gasteiger partial charge in [-0.2, -0.15) is 0 Å². The van der Waals surface area contributed by atoms with Crippen molar-refractivity contribution in [3.05, 3.63) is 59.7 Å². The average Bonchev–Trinajstić information content (AvgIpc) is 2.64. The van der Waals surface area contributed by atoms with Gasteiger partial charge in [-0.05, 0) is 56.2 Å². The minimum absolute atomic E-state index is 0.149. The molecule has 1 unspecified atom stereocenters. The SMILES string of the molecule is CC(CNC(=O)OC(C)(C)C)COc1ccc(C(C)(C)c2ccc(O)cc2)cc1. The molecule has 2 N–H and O–H groups in total. The summed E-state index contributed by atoms with van der Waals surface area (Å²) in [6, 6.07) is 15.4. The van der Waals surface area contributed by atoms with Crippen molar-refractivity contribution in [3.8, 4) is 11.5 Å². The zero-order valence-electron chi connectivity index (χ0n) is 18.3. The summed E-state index contributed by atoms with van der Waals surface area (Å²) in [6.45, 7) is 12.8.